The molecule has 1 aromatic heterocycles. The van der Waals surface area contributed by atoms with Crippen LogP contribution < -0.4 is 10.2 Å². The highest BCUT2D eigenvalue weighted by atomic mass is 16.5. The summed E-state index contributed by atoms with van der Waals surface area (Å²) in [6.45, 7) is 1.99. The molecule has 1 N–H and O–H groups in total. The number of hydrogen-bond donors (Lipinski definition) is 1. The summed E-state index contributed by atoms with van der Waals surface area (Å²) >= 11 is 0. The molecule has 1 aromatic carbocycles. The lowest BCUT2D eigenvalue weighted by Gasteiger charge is -2.06. The van der Waals surface area contributed by atoms with Gasteiger partial charge in [0.05, 0.1) is 18.4 Å². The van der Waals surface area contributed by atoms with E-state index >= 15 is 0 Å². The molecule has 0 atom stereocenters. The largest absolute Gasteiger partial charge is 0.497 e. The second-order valence-corrected chi connectivity index (χ2v) is 4.32. The lowest BCUT2D eigenvalue weighted by Crippen LogP contribution is -2.20. The summed E-state index contributed by atoms with van der Waals surface area (Å²) in [4.78, 5) is 15.8. The van der Waals surface area contributed by atoms with Crippen LogP contribution >= 0.6 is 0 Å². The van der Waals surface area contributed by atoms with E-state index in [2.05, 4.69) is 15.5 Å². The van der Waals surface area contributed by atoms with Crippen LogP contribution in [0.15, 0.2) is 53.9 Å². The molecule has 0 aliphatic carbocycles. The highest BCUT2D eigenvalue weighted by molar-refractivity contribution is 6.02. The lowest BCUT2D eigenvalue weighted by molar-refractivity contribution is 0.0954. The van der Waals surface area contributed by atoms with Gasteiger partial charge in [-0.1, -0.05) is 6.92 Å². The summed E-state index contributed by atoms with van der Waals surface area (Å²) in [5.74, 6) is 0.510. The average molecular weight is 283 g/mol. The predicted molar refractivity (Wildman–Crippen MR) is 81.5 cm³/mol. The van der Waals surface area contributed by atoms with Crippen molar-refractivity contribution in [3.8, 4) is 5.75 Å². The smallest absolute Gasteiger partial charge is 0.272 e. The highest BCUT2D eigenvalue weighted by Crippen LogP contribution is 2.13. The number of rotatable bonds is 5. The molecule has 2 rings (SSSR count). The molecule has 1 heterocycles. The van der Waals surface area contributed by atoms with Crippen molar-refractivity contribution in [1.82, 2.24) is 10.4 Å². The Bertz CT molecular complexity index is 622. The molecule has 0 saturated heterocycles. The number of benzene rings is 1. The van der Waals surface area contributed by atoms with Crippen LogP contribution in [0.4, 0.5) is 0 Å². The number of carbonyl (C=O) groups is 1. The molecule has 5 heteroatoms. The fraction of sp³-hybridized carbons (Fsp3) is 0.188. The Morgan fingerprint density at radius 3 is 2.57 bits per heavy atom. The van der Waals surface area contributed by atoms with E-state index in [9.17, 15) is 4.79 Å². The Morgan fingerprint density at radius 2 is 2.00 bits per heavy atom. The minimum Gasteiger partial charge on any atom is -0.497 e. The van der Waals surface area contributed by atoms with Crippen LogP contribution in [0.5, 0.6) is 5.75 Å². The monoisotopic (exact) mass is 283 g/mol. The number of amides is 1. The highest BCUT2D eigenvalue weighted by Gasteiger charge is 2.06. The third-order valence-electron chi connectivity index (χ3n) is 2.97. The third kappa shape index (κ3) is 3.89. The van der Waals surface area contributed by atoms with Gasteiger partial charge in [0, 0.05) is 12.4 Å². The predicted octanol–water partition coefficient (Wildman–Crippen LogP) is 2.63. The summed E-state index contributed by atoms with van der Waals surface area (Å²) in [7, 11) is 1.62. The van der Waals surface area contributed by atoms with Gasteiger partial charge < -0.3 is 4.74 Å². The number of hydrazone groups is 1. The molecule has 0 unspecified atom stereocenters. The van der Waals surface area contributed by atoms with E-state index in [0.717, 1.165) is 17.0 Å². The second-order valence-electron chi connectivity index (χ2n) is 4.32. The zero-order valence-electron chi connectivity index (χ0n) is 12.0. The molecule has 21 heavy (non-hydrogen) atoms. The Kier molecular flexibility index (Phi) is 5.04. The van der Waals surface area contributed by atoms with Crippen LogP contribution in [0, 0.1) is 0 Å². The van der Waals surface area contributed by atoms with Gasteiger partial charge >= 0.3 is 0 Å². The molecule has 0 aliphatic rings. The Morgan fingerprint density at radius 1 is 1.24 bits per heavy atom. The van der Waals surface area contributed by atoms with Gasteiger partial charge in [0.25, 0.3) is 5.91 Å². The van der Waals surface area contributed by atoms with Gasteiger partial charge in [0.15, 0.2) is 0 Å². The minimum atomic E-state index is -0.275. The first-order valence-corrected chi connectivity index (χ1v) is 6.66. The zero-order chi connectivity index (χ0) is 15.1. The summed E-state index contributed by atoms with van der Waals surface area (Å²) in [6.07, 6.45) is 3.83. The van der Waals surface area contributed by atoms with Crippen molar-refractivity contribution in [1.29, 1.82) is 0 Å². The van der Waals surface area contributed by atoms with Gasteiger partial charge in [-0.25, -0.2) is 5.43 Å². The SMILES string of the molecule is CC/C(=N\NC(=O)c1cccnc1)c1ccc(OC)cc1. The van der Waals surface area contributed by atoms with Crippen LogP contribution in [0.25, 0.3) is 0 Å². The third-order valence-corrected chi connectivity index (χ3v) is 2.97. The molecule has 0 fully saturated rings. The molecular weight excluding hydrogens is 266 g/mol. The van der Waals surface area contributed by atoms with Crippen LogP contribution in [0.1, 0.15) is 29.3 Å². The normalized spacial score (nSPS) is 11.0. The molecule has 0 spiro atoms. The van der Waals surface area contributed by atoms with E-state index < -0.39 is 0 Å². The van der Waals surface area contributed by atoms with Crippen molar-refractivity contribution in [3.05, 3.63) is 59.9 Å². The van der Waals surface area contributed by atoms with Gasteiger partial charge in [-0.3, -0.25) is 9.78 Å². The molecule has 0 aliphatic heterocycles. The van der Waals surface area contributed by atoms with Gasteiger partial charge in [-0.15, -0.1) is 0 Å². The van der Waals surface area contributed by atoms with E-state index in [1.54, 1.807) is 25.4 Å². The Balaban J connectivity index is 2.11. The molecule has 0 radical (unpaired) electrons. The molecule has 2 aromatic rings. The first kappa shape index (κ1) is 14.7. The Labute approximate surface area is 123 Å². The first-order chi connectivity index (χ1) is 10.2. The van der Waals surface area contributed by atoms with Crippen molar-refractivity contribution >= 4 is 11.6 Å². The fourth-order valence-corrected chi connectivity index (χ4v) is 1.81. The van der Waals surface area contributed by atoms with Crippen LogP contribution in [-0.4, -0.2) is 23.7 Å². The topological polar surface area (TPSA) is 63.6 Å². The van der Waals surface area contributed by atoms with Crippen molar-refractivity contribution in [2.24, 2.45) is 5.10 Å². The van der Waals surface area contributed by atoms with Crippen LogP contribution in [0.2, 0.25) is 0 Å². The summed E-state index contributed by atoms with van der Waals surface area (Å²) < 4.78 is 5.12. The molecule has 5 nitrogen and oxygen atoms in total. The summed E-state index contributed by atoms with van der Waals surface area (Å²) in [6, 6.07) is 11.0. The van der Waals surface area contributed by atoms with Crippen molar-refractivity contribution < 1.29 is 9.53 Å². The molecule has 108 valence electrons. The van der Waals surface area contributed by atoms with Crippen LogP contribution in [-0.2, 0) is 0 Å². The molecule has 0 bridgehead atoms. The number of nitrogens with zero attached hydrogens (tertiary/aromatic N) is 2. The molecular formula is C16H17N3O2. The standard InChI is InChI=1S/C16H17N3O2/c1-3-15(12-6-8-14(21-2)9-7-12)18-19-16(20)13-5-4-10-17-11-13/h4-11H,3H2,1-2H3,(H,19,20)/b18-15+. The maximum absolute atomic E-state index is 11.9. The van der Waals surface area contributed by atoms with E-state index in [0.29, 0.717) is 12.0 Å². The number of nitrogens with one attached hydrogen (secondary N) is 1. The average Bonchev–Trinajstić information content (AvgIpc) is 2.56. The summed E-state index contributed by atoms with van der Waals surface area (Å²) in [5.41, 5.74) is 4.78. The van der Waals surface area contributed by atoms with Crippen molar-refractivity contribution in [2.45, 2.75) is 13.3 Å². The fourth-order valence-electron chi connectivity index (χ4n) is 1.81. The first-order valence-electron chi connectivity index (χ1n) is 6.66. The minimum absolute atomic E-state index is 0.275. The van der Waals surface area contributed by atoms with E-state index in [4.69, 9.17) is 4.74 Å². The van der Waals surface area contributed by atoms with E-state index in [-0.39, 0.29) is 5.91 Å². The van der Waals surface area contributed by atoms with Crippen molar-refractivity contribution in [2.75, 3.05) is 7.11 Å². The van der Waals surface area contributed by atoms with E-state index in [1.165, 1.54) is 6.20 Å². The molecule has 0 saturated carbocycles. The number of ether oxygens (including phenoxy) is 1. The number of methoxy groups -OCH3 is 1. The second kappa shape index (κ2) is 7.19. The van der Waals surface area contributed by atoms with Gasteiger partial charge in [0.2, 0.25) is 0 Å². The number of carbonyl (C=O) groups excluding carboxylic acids is 1. The maximum Gasteiger partial charge on any atom is 0.272 e. The molecule has 1 amide bonds. The maximum atomic E-state index is 11.9. The summed E-state index contributed by atoms with van der Waals surface area (Å²) in [5, 5.41) is 4.19. The lowest BCUT2D eigenvalue weighted by atomic mass is 10.1. The zero-order valence-corrected chi connectivity index (χ0v) is 12.0. The van der Waals surface area contributed by atoms with Gasteiger partial charge in [0.1, 0.15) is 5.75 Å². The quantitative estimate of drug-likeness (QED) is 0.677. The Hall–Kier alpha value is -2.69. The van der Waals surface area contributed by atoms with Crippen LogP contribution in [0.3, 0.4) is 0 Å². The number of pyridine rings is 1. The number of aromatic nitrogens is 1. The van der Waals surface area contributed by atoms with Gasteiger partial charge in [-0.2, -0.15) is 5.10 Å². The van der Waals surface area contributed by atoms with Crippen molar-refractivity contribution in [3.63, 3.8) is 0 Å². The van der Waals surface area contributed by atoms with E-state index in [1.807, 2.05) is 31.2 Å². The van der Waals surface area contributed by atoms with Gasteiger partial charge in [-0.05, 0) is 48.4 Å². The number of hydrogen-bond acceptors (Lipinski definition) is 4.